The van der Waals surface area contributed by atoms with Crippen LogP contribution in [0.3, 0.4) is 0 Å². The van der Waals surface area contributed by atoms with Crippen LogP contribution in [0, 0.1) is 5.92 Å². The Balaban J connectivity index is 1.93. The van der Waals surface area contributed by atoms with Crippen LogP contribution in [-0.4, -0.2) is 25.1 Å². The van der Waals surface area contributed by atoms with E-state index in [9.17, 15) is 0 Å². The van der Waals surface area contributed by atoms with Gasteiger partial charge in [0.2, 0.25) is 0 Å². The van der Waals surface area contributed by atoms with Gasteiger partial charge in [0.25, 0.3) is 0 Å². The lowest BCUT2D eigenvalue weighted by Gasteiger charge is -2.23. The molecule has 3 N–H and O–H groups in total. The number of rotatable bonds is 2. The smallest absolute Gasteiger partial charge is 0.114 e. The van der Waals surface area contributed by atoms with Crippen LogP contribution in [0.25, 0.3) is 0 Å². The second-order valence-corrected chi connectivity index (χ2v) is 3.78. The zero-order chi connectivity index (χ0) is 9.10. The molecule has 0 amide bonds. The van der Waals surface area contributed by atoms with Gasteiger partial charge in [-0.1, -0.05) is 0 Å². The quantitative estimate of drug-likeness (QED) is 0.282. The standard InChI is InChI=1S/C9H17N3O/c10-12-9(11-8-1-2-8)7-3-5-13-6-4-7/h7-8H,1-6,10H2,(H,11,12). The van der Waals surface area contributed by atoms with E-state index in [-0.39, 0.29) is 0 Å². The van der Waals surface area contributed by atoms with Gasteiger partial charge in [0, 0.05) is 19.1 Å². The van der Waals surface area contributed by atoms with E-state index < -0.39 is 0 Å². The van der Waals surface area contributed by atoms with Crippen molar-refractivity contribution >= 4 is 5.84 Å². The second kappa shape index (κ2) is 4.07. The van der Waals surface area contributed by atoms with Crippen LogP contribution >= 0.6 is 0 Å². The third-order valence-electron chi connectivity index (χ3n) is 2.62. The number of hydrazine groups is 1. The van der Waals surface area contributed by atoms with E-state index in [1.54, 1.807) is 0 Å². The zero-order valence-corrected chi connectivity index (χ0v) is 7.83. The molecular weight excluding hydrogens is 166 g/mol. The molecule has 1 aliphatic carbocycles. The summed E-state index contributed by atoms with van der Waals surface area (Å²) in [4.78, 5) is 4.56. The monoisotopic (exact) mass is 183 g/mol. The predicted molar refractivity (Wildman–Crippen MR) is 51.3 cm³/mol. The molecule has 0 spiro atoms. The van der Waals surface area contributed by atoms with Crippen molar-refractivity contribution in [1.82, 2.24) is 5.43 Å². The minimum Gasteiger partial charge on any atom is -0.381 e. The Bertz CT molecular complexity index is 195. The molecule has 4 nitrogen and oxygen atoms in total. The van der Waals surface area contributed by atoms with Crippen molar-refractivity contribution in [2.24, 2.45) is 16.8 Å². The molecule has 0 aromatic rings. The molecule has 0 aromatic heterocycles. The lowest BCUT2D eigenvalue weighted by molar-refractivity contribution is 0.0820. The number of nitrogens with zero attached hydrogens (tertiary/aromatic N) is 1. The Morgan fingerprint density at radius 2 is 1.92 bits per heavy atom. The van der Waals surface area contributed by atoms with Crippen molar-refractivity contribution in [2.75, 3.05) is 13.2 Å². The molecule has 13 heavy (non-hydrogen) atoms. The van der Waals surface area contributed by atoms with Gasteiger partial charge in [0.1, 0.15) is 5.84 Å². The highest BCUT2D eigenvalue weighted by molar-refractivity contribution is 5.84. The molecule has 2 aliphatic rings. The predicted octanol–water partition coefficient (Wildman–Crippen LogP) is 0.437. The fourth-order valence-electron chi connectivity index (χ4n) is 1.63. The van der Waals surface area contributed by atoms with E-state index >= 15 is 0 Å². The molecule has 0 atom stereocenters. The van der Waals surface area contributed by atoms with Crippen molar-refractivity contribution < 1.29 is 4.74 Å². The summed E-state index contributed by atoms with van der Waals surface area (Å²) in [6.45, 7) is 1.69. The minimum atomic E-state index is 0.499. The third-order valence-corrected chi connectivity index (χ3v) is 2.62. The maximum absolute atomic E-state index is 5.46. The Labute approximate surface area is 78.5 Å². The highest BCUT2D eigenvalue weighted by Gasteiger charge is 2.25. The molecule has 0 bridgehead atoms. The molecule has 0 radical (unpaired) electrons. The summed E-state index contributed by atoms with van der Waals surface area (Å²) in [7, 11) is 0. The van der Waals surface area contributed by atoms with Crippen molar-refractivity contribution in [2.45, 2.75) is 31.7 Å². The first-order chi connectivity index (χ1) is 6.40. The number of nitrogens with two attached hydrogens (primary N) is 1. The van der Waals surface area contributed by atoms with Crippen LogP contribution in [0.2, 0.25) is 0 Å². The summed E-state index contributed by atoms with van der Waals surface area (Å²) in [5.41, 5.74) is 2.74. The number of ether oxygens (including phenoxy) is 1. The van der Waals surface area contributed by atoms with Gasteiger partial charge in [-0.05, 0) is 25.7 Å². The molecule has 74 valence electrons. The molecule has 1 saturated carbocycles. The largest absolute Gasteiger partial charge is 0.381 e. The molecular formula is C9H17N3O. The van der Waals surface area contributed by atoms with Crippen LogP contribution in [0.4, 0.5) is 0 Å². The van der Waals surface area contributed by atoms with Crippen LogP contribution in [-0.2, 0) is 4.74 Å². The molecule has 1 heterocycles. The molecule has 0 aromatic carbocycles. The summed E-state index contributed by atoms with van der Waals surface area (Å²) in [6.07, 6.45) is 4.56. The van der Waals surface area contributed by atoms with Gasteiger partial charge in [-0.15, -0.1) is 0 Å². The van der Waals surface area contributed by atoms with Crippen LogP contribution < -0.4 is 11.3 Å². The van der Waals surface area contributed by atoms with Crippen molar-refractivity contribution in [3.8, 4) is 0 Å². The van der Waals surface area contributed by atoms with Crippen LogP contribution in [0.5, 0.6) is 0 Å². The summed E-state index contributed by atoms with van der Waals surface area (Å²) in [5, 5.41) is 0. The maximum Gasteiger partial charge on any atom is 0.114 e. The number of amidine groups is 1. The Kier molecular flexibility index (Phi) is 2.80. The Morgan fingerprint density at radius 1 is 1.23 bits per heavy atom. The lowest BCUT2D eigenvalue weighted by Crippen LogP contribution is -2.39. The zero-order valence-electron chi connectivity index (χ0n) is 7.83. The topological polar surface area (TPSA) is 59.6 Å². The van der Waals surface area contributed by atoms with Gasteiger partial charge >= 0.3 is 0 Å². The van der Waals surface area contributed by atoms with Gasteiger partial charge < -0.3 is 10.2 Å². The van der Waals surface area contributed by atoms with Crippen molar-refractivity contribution in [3.05, 3.63) is 0 Å². The Hall–Kier alpha value is -0.610. The first kappa shape index (κ1) is 8.97. The van der Waals surface area contributed by atoms with Gasteiger partial charge in [-0.3, -0.25) is 4.99 Å². The van der Waals surface area contributed by atoms with E-state index in [0.717, 1.165) is 31.9 Å². The van der Waals surface area contributed by atoms with Gasteiger partial charge in [0.15, 0.2) is 0 Å². The molecule has 4 heteroatoms. The van der Waals surface area contributed by atoms with Gasteiger partial charge in [0.05, 0.1) is 6.04 Å². The lowest BCUT2D eigenvalue weighted by atomic mass is 9.99. The van der Waals surface area contributed by atoms with E-state index in [0.29, 0.717) is 12.0 Å². The first-order valence-corrected chi connectivity index (χ1v) is 5.02. The number of nitrogens with one attached hydrogen (secondary N) is 1. The highest BCUT2D eigenvalue weighted by atomic mass is 16.5. The molecule has 2 fully saturated rings. The highest BCUT2D eigenvalue weighted by Crippen LogP contribution is 2.25. The van der Waals surface area contributed by atoms with Crippen LogP contribution in [0.1, 0.15) is 25.7 Å². The average Bonchev–Trinajstić information content (AvgIpc) is 2.99. The third kappa shape index (κ3) is 2.42. The van der Waals surface area contributed by atoms with E-state index in [1.807, 2.05) is 0 Å². The van der Waals surface area contributed by atoms with Crippen molar-refractivity contribution in [3.63, 3.8) is 0 Å². The molecule has 0 unspecified atom stereocenters. The minimum absolute atomic E-state index is 0.499. The van der Waals surface area contributed by atoms with E-state index in [4.69, 9.17) is 10.6 Å². The van der Waals surface area contributed by atoms with E-state index in [2.05, 4.69) is 10.4 Å². The Morgan fingerprint density at radius 3 is 2.46 bits per heavy atom. The number of hydrogen-bond acceptors (Lipinski definition) is 3. The normalized spacial score (nSPS) is 26.1. The maximum atomic E-state index is 5.46. The van der Waals surface area contributed by atoms with Crippen molar-refractivity contribution in [1.29, 1.82) is 0 Å². The van der Waals surface area contributed by atoms with E-state index in [1.165, 1.54) is 12.8 Å². The summed E-state index contributed by atoms with van der Waals surface area (Å²) in [6, 6.07) is 0.550. The summed E-state index contributed by atoms with van der Waals surface area (Å²) >= 11 is 0. The summed E-state index contributed by atoms with van der Waals surface area (Å²) in [5.74, 6) is 6.95. The van der Waals surface area contributed by atoms with Gasteiger partial charge in [-0.2, -0.15) is 0 Å². The first-order valence-electron chi connectivity index (χ1n) is 5.02. The molecule has 1 saturated heterocycles. The SMILES string of the molecule is NNC(=NC1CC1)C1CCOCC1. The fraction of sp³-hybridized carbons (Fsp3) is 0.889. The van der Waals surface area contributed by atoms with Gasteiger partial charge in [-0.25, -0.2) is 5.84 Å². The van der Waals surface area contributed by atoms with Crippen LogP contribution in [0.15, 0.2) is 4.99 Å². The molecule has 1 aliphatic heterocycles. The summed E-state index contributed by atoms with van der Waals surface area (Å²) < 4.78 is 5.29. The fourth-order valence-corrected chi connectivity index (χ4v) is 1.63. The number of hydrogen-bond donors (Lipinski definition) is 2. The second-order valence-electron chi connectivity index (χ2n) is 3.78. The molecule has 2 rings (SSSR count). The average molecular weight is 183 g/mol. The number of aliphatic imine (C=N–C) groups is 1.